The van der Waals surface area contributed by atoms with Gasteiger partial charge in [0.25, 0.3) is 0 Å². The van der Waals surface area contributed by atoms with E-state index < -0.39 is 9.52 Å². The summed E-state index contributed by atoms with van der Waals surface area (Å²) in [5, 5.41) is 9.12. The van der Waals surface area contributed by atoms with Crippen LogP contribution in [0.3, 0.4) is 0 Å². The van der Waals surface area contributed by atoms with Crippen LogP contribution in [0.1, 0.15) is 0 Å². The molecule has 0 bridgehead atoms. The van der Waals surface area contributed by atoms with Crippen molar-refractivity contribution in [1.82, 2.24) is 0 Å². The zero-order chi connectivity index (χ0) is 9.35. The van der Waals surface area contributed by atoms with E-state index in [0.717, 1.165) is 0 Å². The van der Waals surface area contributed by atoms with Crippen LogP contribution in [0.4, 0.5) is 5.69 Å². The lowest BCUT2D eigenvalue weighted by Crippen LogP contribution is -1.97. The van der Waals surface area contributed by atoms with Crippen LogP contribution in [-0.2, 0) is 9.52 Å². The van der Waals surface area contributed by atoms with E-state index in [2.05, 4.69) is 5.87 Å². The molecule has 0 heterocycles. The number of aromatic hydroxyl groups is 1. The summed E-state index contributed by atoms with van der Waals surface area (Å²) >= 11 is 0. The van der Waals surface area contributed by atoms with Gasteiger partial charge in [-0.15, -0.1) is 0 Å². The molecule has 0 radical (unpaired) electrons. The van der Waals surface area contributed by atoms with Gasteiger partial charge in [-0.1, -0.05) is 0 Å². The normalized spacial score (nSPS) is 15.4. The summed E-state index contributed by atoms with van der Waals surface area (Å²) in [6, 6.07) is 4.36. The smallest absolute Gasteiger partial charge is 0.118 e. The Morgan fingerprint density at radius 1 is 1.50 bits per heavy atom. The third kappa shape index (κ3) is 1.92. The van der Waals surface area contributed by atoms with E-state index >= 15 is 0 Å². The predicted octanol–water partition coefficient (Wildman–Crippen LogP) is 0.680. The predicted molar refractivity (Wildman–Crippen MR) is 52.0 cm³/mol. The van der Waals surface area contributed by atoms with E-state index in [1.807, 2.05) is 0 Å². The molecule has 1 rings (SSSR count). The van der Waals surface area contributed by atoms with Gasteiger partial charge in [-0.25, -0.2) is 0 Å². The largest absolute Gasteiger partial charge is 0.508 e. The highest BCUT2D eigenvalue weighted by molar-refractivity contribution is 7.99. The molecule has 0 amide bonds. The first-order valence-electron chi connectivity index (χ1n) is 3.31. The van der Waals surface area contributed by atoms with Crippen molar-refractivity contribution in [3.05, 3.63) is 18.2 Å². The second-order valence-electron chi connectivity index (χ2n) is 2.77. The molecule has 0 fully saturated rings. The van der Waals surface area contributed by atoms with Crippen LogP contribution in [0.15, 0.2) is 23.1 Å². The molecule has 1 atom stereocenters. The molecule has 0 spiro atoms. The maximum atomic E-state index is 11.4. The van der Waals surface area contributed by atoms with Gasteiger partial charge in [-0.2, -0.15) is 0 Å². The summed E-state index contributed by atoms with van der Waals surface area (Å²) in [6.45, 7) is 0. The highest BCUT2D eigenvalue weighted by Gasteiger charge is 2.03. The molecule has 0 aliphatic rings. The third-order valence-electron chi connectivity index (χ3n) is 1.41. The van der Waals surface area contributed by atoms with Gasteiger partial charge in [0.15, 0.2) is 0 Å². The Morgan fingerprint density at radius 2 is 2.08 bits per heavy atom. The number of benzene rings is 1. The molecule has 3 nitrogen and oxygen atoms in total. The third-order valence-corrected chi connectivity index (χ3v) is 2.65. The molecule has 1 aromatic carbocycles. The van der Waals surface area contributed by atoms with Crippen LogP contribution in [0.2, 0.25) is 0 Å². The molecule has 66 valence electrons. The van der Waals surface area contributed by atoms with Crippen molar-refractivity contribution in [2.24, 2.45) is 0 Å². The average molecular weight is 185 g/mol. The van der Waals surface area contributed by atoms with Gasteiger partial charge in [0.1, 0.15) is 5.75 Å². The van der Waals surface area contributed by atoms with E-state index in [9.17, 15) is 4.21 Å². The lowest BCUT2D eigenvalue weighted by molar-refractivity contribution is 0.474. The maximum absolute atomic E-state index is 11.4. The highest BCUT2D eigenvalue weighted by atomic mass is 32.2. The van der Waals surface area contributed by atoms with Crippen LogP contribution in [0, 0.1) is 0 Å². The van der Waals surface area contributed by atoms with Gasteiger partial charge in [0.05, 0.1) is 0 Å². The maximum Gasteiger partial charge on any atom is 0.118 e. The number of hydrogen-bond acceptors (Lipinski definition) is 3. The van der Waals surface area contributed by atoms with Gasteiger partial charge in [0.2, 0.25) is 0 Å². The first-order chi connectivity index (χ1) is 5.39. The van der Waals surface area contributed by atoms with Gasteiger partial charge in [-0.3, -0.25) is 4.21 Å². The Bertz CT molecular complexity index is 375. The highest BCUT2D eigenvalue weighted by Crippen LogP contribution is 2.20. The van der Waals surface area contributed by atoms with Crippen LogP contribution in [0.25, 0.3) is 0 Å². The standard InChI is InChI=1S/C8H11NO2S/c1-12(2,11)8-4-6(9)3-7(10)5-8/h3-5,10H,1,9H2,2H3. The van der Waals surface area contributed by atoms with Crippen molar-refractivity contribution in [2.45, 2.75) is 4.90 Å². The summed E-state index contributed by atoms with van der Waals surface area (Å²) in [7, 11) is -2.29. The molecule has 4 heteroatoms. The molecule has 3 N–H and O–H groups in total. The molecule has 1 unspecified atom stereocenters. The molecular weight excluding hydrogens is 174 g/mol. The van der Waals surface area contributed by atoms with Crippen molar-refractivity contribution < 1.29 is 9.32 Å². The molecule has 1 aromatic rings. The minimum Gasteiger partial charge on any atom is -0.508 e. The minimum absolute atomic E-state index is 0.0169. The van der Waals surface area contributed by atoms with E-state index in [0.29, 0.717) is 10.6 Å². The number of hydrogen-bond donors (Lipinski definition) is 2. The molecular formula is C8H11NO2S. The van der Waals surface area contributed by atoms with Crippen LogP contribution >= 0.6 is 0 Å². The Kier molecular flexibility index (Phi) is 2.02. The van der Waals surface area contributed by atoms with Crippen molar-refractivity contribution in [1.29, 1.82) is 0 Å². The van der Waals surface area contributed by atoms with Crippen LogP contribution < -0.4 is 5.73 Å². The zero-order valence-electron chi connectivity index (χ0n) is 6.78. The molecule has 0 saturated carbocycles. The first kappa shape index (κ1) is 8.93. The Labute approximate surface area is 71.8 Å². The average Bonchev–Trinajstić information content (AvgIpc) is 1.82. The lowest BCUT2D eigenvalue weighted by atomic mass is 10.3. The lowest BCUT2D eigenvalue weighted by Gasteiger charge is -2.04. The fourth-order valence-corrected chi connectivity index (χ4v) is 1.61. The second kappa shape index (κ2) is 2.71. The van der Waals surface area contributed by atoms with Crippen molar-refractivity contribution >= 4 is 21.1 Å². The SMILES string of the molecule is C=S(C)(=O)c1cc(N)cc(O)c1. The number of phenols is 1. The van der Waals surface area contributed by atoms with Crippen LogP contribution in [-0.4, -0.2) is 21.4 Å². The fraction of sp³-hybridized carbons (Fsp3) is 0.125. The summed E-state index contributed by atoms with van der Waals surface area (Å²) in [6.07, 6.45) is 1.50. The first-order valence-corrected chi connectivity index (χ1v) is 5.45. The zero-order valence-corrected chi connectivity index (χ0v) is 7.60. The molecule has 0 aliphatic heterocycles. The number of rotatable bonds is 1. The van der Waals surface area contributed by atoms with Crippen molar-refractivity contribution in [2.75, 3.05) is 12.0 Å². The van der Waals surface area contributed by atoms with Gasteiger partial charge >= 0.3 is 0 Å². The van der Waals surface area contributed by atoms with E-state index in [1.54, 1.807) is 6.07 Å². The minimum atomic E-state index is -2.29. The van der Waals surface area contributed by atoms with Gasteiger partial charge in [0, 0.05) is 22.9 Å². The van der Waals surface area contributed by atoms with Gasteiger partial charge < -0.3 is 10.8 Å². The molecule has 0 saturated heterocycles. The number of nitrogen functional groups attached to an aromatic ring is 1. The fourth-order valence-electron chi connectivity index (χ4n) is 0.855. The monoisotopic (exact) mass is 185 g/mol. The summed E-state index contributed by atoms with van der Waals surface area (Å²) in [4.78, 5) is 0.472. The second-order valence-corrected chi connectivity index (χ2v) is 5.25. The van der Waals surface area contributed by atoms with Crippen LogP contribution in [0.5, 0.6) is 5.75 Å². The molecule has 0 aromatic heterocycles. The number of anilines is 1. The van der Waals surface area contributed by atoms with E-state index in [-0.39, 0.29) is 5.75 Å². The summed E-state index contributed by atoms with van der Waals surface area (Å²) in [5.74, 6) is 3.50. The molecule has 12 heavy (non-hydrogen) atoms. The number of nitrogens with two attached hydrogens (primary N) is 1. The topological polar surface area (TPSA) is 63.3 Å². The Morgan fingerprint density at radius 3 is 2.50 bits per heavy atom. The Hall–Kier alpha value is -1.16. The summed E-state index contributed by atoms with van der Waals surface area (Å²) in [5.41, 5.74) is 5.83. The van der Waals surface area contributed by atoms with E-state index in [1.165, 1.54) is 18.4 Å². The quantitative estimate of drug-likeness (QED) is 0.499. The Balaban J connectivity index is 3.37. The summed E-state index contributed by atoms with van der Waals surface area (Å²) < 4.78 is 11.4. The van der Waals surface area contributed by atoms with Crippen molar-refractivity contribution in [3.63, 3.8) is 0 Å². The van der Waals surface area contributed by atoms with E-state index in [4.69, 9.17) is 10.8 Å². The van der Waals surface area contributed by atoms with Crippen molar-refractivity contribution in [3.8, 4) is 5.75 Å². The molecule has 0 aliphatic carbocycles. The van der Waals surface area contributed by atoms with Gasteiger partial charge in [-0.05, 0) is 27.5 Å². The number of phenolic OH excluding ortho intramolecular Hbond substituents is 1.